The SMILES string of the molecule is CO.COc1cc(/C=N/NC(=S)Nc2ccccc2)ccc1O. The number of nitrogens with one attached hydrogen (secondary N) is 2. The number of phenolic OH excluding ortho intramolecular Hbond substituents is 1. The number of methoxy groups -OCH3 is 1. The van der Waals surface area contributed by atoms with Crippen molar-refractivity contribution in [3.8, 4) is 11.5 Å². The highest BCUT2D eigenvalue weighted by atomic mass is 32.1. The highest BCUT2D eigenvalue weighted by Crippen LogP contribution is 2.25. The molecule has 0 aliphatic heterocycles. The molecule has 0 saturated heterocycles. The van der Waals surface area contributed by atoms with Crippen molar-refractivity contribution >= 4 is 29.2 Å². The summed E-state index contributed by atoms with van der Waals surface area (Å²) in [6.45, 7) is 0. The van der Waals surface area contributed by atoms with Crippen molar-refractivity contribution in [3.63, 3.8) is 0 Å². The fraction of sp³-hybridized carbons (Fsp3) is 0.125. The van der Waals surface area contributed by atoms with Crippen molar-refractivity contribution in [1.29, 1.82) is 0 Å². The average molecular weight is 333 g/mol. The van der Waals surface area contributed by atoms with E-state index in [1.807, 2.05) is 30.3 Å². The summed E-state index contributed by atoms with van der Waals surface area (Å²) in [6, 6.07) is 14.5. The largest absolute Gasteiger partial charge is 0.504 e. The van der Waals surface area contributed by atoms with Gasteiger partial charge in [-0.25, -0.2) is 0 Å². The molecule has 0 bridgehead atoms. The van der Waals surface area contributed by atoms with Gasteiger partial charge in [-0.3, -0.25) is 5.43 Å². The lowest BCUT2D eigenvalue weighted by Crippen LogP contribution is -2.23. The summed E-state index contributed by atoms with van der Waals surface area (Å²) in [6.07, 6.45) is 1.58. The fourth-order valence-electron chi connectivity index (χ4n) is 1.62. The molecule has 0 saturated carbocycles. The molecule has 0 aliphatic carbocycles. The second-order valence-electron chi connectivity index (χ2n) is 4.12. The summed E-state index contributed by atoms with van der Waals surface area (Å²) >= 11 is 5.12. The van der Waals surface area contributed by atoms with Gasteiger partial charge in [-0.1, -0.05) is 18.2 Å². The molecule has 0 aromatic heterocycles. The van der Waals surface area contributed by atoms with Gasteiger partial charge < -0.3 is 20.3 Å². The lowest BCUT2D eigenvalue weighted by Gasteiger charge is -2.06. The van der Waals surface area contributed by atoms with E-state index in [-0.39, 0.29) is 5.75 Å². The van der Waals surface area contributed by atoms with Gasteiger partial charge in [0.2, 0.25) is 0 Å². The molecule has 122 valence electrons. The molecule has 0 atom stereocenters. The molecule has 0 radical (unpaired) electrons. The smallest absolute Gasteiger partial charge is 0.191 e. The predicted molar refractivity (Wildman–Crippen MR) is 96.2 cm³/mol. The van der Waals surface area contributed by atoms with E-state index in [1.54, 1.807) is 24.4 Å². The van der Waals surface area contributed by atoms with Crippen LogP contribution in [-0.2, 0) is 0 Å². The van der Waals surface area contributed by atoms with Crippen molar-refractivity contribution in [1.82, 2.24) is 5.43 Å². The van der Waals surface area contributed by atoms with Crippen molar-refractivity contribution in [2.24, 2.45) is 5.10 Å². The lowest BCUT2D eigenvalue weighted by atomic mass is 10.2. The zero-order chi connectivity index (χ0) is 17.1. The molecule has 0 fully saturated rings. The second-order valence-corrected chi connectivity index (χ2v) is 4.53. The molecule has 0 spiro atoms. The average Bonchev–Trinajstić information content (AvgIpc) is 2.59. The van der Waals surface area contributed by atoms with E-state index in [9.17, 15) is 5.11 Å². The molecule has 6 nitrogen and oxygen atoms in total. The Morgan fingerprint density at radius 2 is 1.87 bits per heavy atom. The van der Waals surface area contributed by atoms with Crippen LogP contribution < -0.4 is 15.5 Å². The van der Waals surface area contributed by atoms with Crippen LogP contribution in [0.25, 0.3) is 0 Å². The Hall–Kier alpha value is -2.64. The Morgan fingerprint density at radius 1 is 1.17 bits per heavy atom. The quantitative estimate of drug-likeness (QED) is 0.390. The van der Waals surface area contributed by atoms with Gasteiger partial charge in [0.1, 0.15) is 0 Å². The summed E-state index contributed by atoms with van der Waals surface area (Å²) < 4.78 is 5.02. The number of hydrogen-bond donors (Lipinski definition) is 4. The van der Waals surface area contributed by atoms with Gasteiger partial charge in [-0.15, -0.1) is 0 Å². The standard InChI is InChI=1S/C15H15N3O2S.CH4O/c1-20-14-9-11(7-8-13(14)19)10-16-18-15(21)17-12-5-3-2-4-6-12;1-2/h2-10,19H,1H3,(H2,17,18,21);2H,1H3/b16-10+;. The number of hydrogen-bond acceptors (Lipinski definition) is 5. The van der Waals surface area contributed by atoms with Gasteiger partial charge in [0, 0.05) is 12.8 Å². The minimum Gasteiger partial charge on any atom is -0.504 e. The first-order valence-corrected chi connectivity index (χ1v) is 7.06. The highest BCUT2D eigenvalue weighted by Gasteiger charge is 2.00. The summed E-state index contributed by atoms with van der Waals surface area (Å²) in [4.78, 5) is 0. The molecular weight excluding hydrogens is 314 g/mol. The first-order valence-electron chi connectivity index (χ1n) is 6.66. The summed E-state index contributed by atoms with van der Waals surface area (Å²) in [5, 5.41) is 23.9. The summed E-state index contributed by atoms with van der Waals surface area (Å²) in [5.74, 6) is 0.479. The minimum atomic E-state index is 0.0869. The zero-order valence-electron chi connectivity index (χ0n) is 12.9. The lowest BCUT2D eigenvalue weighted by molar-refractivity contribution is 0.373. The summed E-state index contributed by atoms with van der Waals surface area (Å²) in [5.41, 5.74) is 4.38. The number of thiocarbonyl (C=S) groups is 1. The van der Waals surface area contributed by atoms with Gasteiger partial charge >= 0.3 is 0 Å². The number of anilines is 1. The number of aliphatic hydroxyl groups excluding tert-OH is 1. The van der Waals surface area contributed by atoms with Crippen LogP contribution in [0.5, 0.6) is 11.5 Å². The fourth-order valence-corrected chi connectivity index (χ4v) is 1.79. The first kappa shape index (κ1) is 18.4. The molecule has 2 rings (SSSR count). The topological polar surface area (TPSA) is 86.1 Å². The maximum Gasteiger partial charge on any atom is 0.191 e. The number of benzene rings is 2. The van der Waals surface area contributed by atoms with Crippen LogP contribution in [0.4, 0.5) is 5.69 Å². The highest BCUT2D eigenvalue weighted by molar-refractivity contribution is 7.80. The molecule has 0 amide bonds. The Balaban J connectivity index is 0.00000127. The van der Waals surface area contributed by atoms with E-state index in [2.05, 4.69) is 15.8 Å². The number of rotatable bonds is 4. The maximum atomic E-state index is 9.50. The van der Waals surface area contributed by atoms with Crippen LogP contribution in [0, 0.1) is 0 Å². The van der Waals surface area contributed by atoms with E-state index < -0.39 is 0 Å². The first-order chi connectivity index (χ1) is 11.2. The van der Waals surface area contributed by atoms with Gasteiger partial charge in [-0.05, 0) is 48.1 Å². The van der Waals surface area contributed by atoms with E-state index in [0.717, 1.165) is 18.4 Å². The van der Waals surface area contributed by atoms with Crippen LogP contribution in [0.15, 0.2) is 53.6 Å². The third-order valence-electron chi connectivity index (χ3n) is 2.62. The number of hydrazone groups is 1. The van der Waals surface area contributed by atoms with Crippen molar-refractivity contribution in [3.05, 3.63) is 54.1 Å². The van der Waals surface area contributed by atoms with Gasteiger partial charge in [0.05, 0.1) is 13.3 Å². The molecule has 2 aromatic carbocycles. The Morgan fingerprint density at radius 3 is 2.52 bits per heavy atom. The number of nitrogens with zero attached hydrogens (tertiary/aromatic N) is 1. The van der Waals surface area contributed by atoms with Crippen LogP contribution in [0.1, 0.15) is 5.56 Å². The third-order valence-corrected chi connectivity index (χ3v) is 2.81. The number of para-hydroxylation sites is 1. The van der Waals surface area contributed by atoms with Crippen molar-refractivity contribution in [2.45, 2.75) is 0 Å². The van der Waals surface area contributed by atoms with Gasteiger partial charge in [0.15, 0.2) is 16.6 Å². The molecule has 0 unspecified atom stereocenters. The predicted octanol–water partition coefficient (Wildman–Crippen LogP) is 2.33. The second kappa shape index (κ2) is 10.1. The molecule has 23 heavy (non-hydrogen) atoms. The van der Waals surface area contributed by atoms with Crippen LogP contribution in [-0.4, -0.2) is 35.8 Å². The third kappa shape index (κ3) is 6.33. The van der Waals surface area contributed by atoms with Gasteiger partial charge in [-0.2, -0.15) is 5.10 Å². The number of ether oxygens (including phenoxy) is 1. The molecular formula is C16H19N3O3S. The zero-order valence-corrected chi connectivity index (χ0v) is 13.7. The van der Waals surface area contributed by atoms with Crippen molar-refractivity contribution < 1.29 is 14.9 Å². The van der Waals surface area contributed by atoms with Crippen LogP contribution >= 0.6 is 12.2 Å². The molecule has 4 N–H and O–H groups in total. The molecule has 0 heterocycles. The number of aromatic hydroxyl groups is 1. The van der Waals surface area contributed by atoms with E-state index in [1.165, 1.54) is 7.11 Å². The van der Waals surface area contributed by atoms with E-state index >= 15 is 0 Å². The maximum absolute atomic E-state index is 9.50. The summed E-state index contributed by atoms with van der Waals surface area (Å²) in [7, 11) is 2.49. The molecule has 2 aromatic rings. The Labute approximate surface area is 140 Å². The Bertz CT molecular complexity index is 648. The molecule has 0 aliphatic rings. The van der Waals surface area contributed by atoms with Crippen molar-refractivity contribution in [2.75, 3.05) is 19.5 Å². The molecule has 7 heteroatoms. The minimum absolute atomic E-state index is 0.0869. The number of phenols is 1. The van der Waals surface area contributed by atoms with Crippen LogP contribution in [0.2, 0.25) is 0 Å². The van der Waals surface area contributed by atoms with E-state index in [0.29, 0.717) is 10.9 Å². The Kier molecular flexibility index (Phi) is 8.12. The monoisotopic (exact) mass is 333 g/mol. The van der Waals surface area contributed by atoms with Crippen LogP contribution in [0.3, 0.4) is 0 Å². The number of aliphatic hydroxyl groups is 1. The van der Waals surface area contributed by atoms with Gasteiger partial charge in [0.25, 0.3) is 0 Å². The normalized spacial score (nSPS) is 9.70. The van der Waals surface area contributed by atoms with E-state index in [4.69, 9.17) is 22.1 Å².